The van der Waals surface area contributed by atoms with Gasteiger partial charge in [-0.25, -0.2) is 0 Å². The van der Waals surface area contributed by atoms with E-state index in [-0.39, 0.29) is 0 Å². The maximum atomic E-state index is 11.7. The van der Waals surface area contributed by atoms with E-state index in [4.69, 9.17) is 0 Å². The van der Waals surface area contributed by atoms with E-state index >= 15 is 0 Å². The van der Waals surface area contributed by atoms with E-state index in [0.29, 0.717) is 13.0 Å². The third-order valence-corrected chi connectivity index (χ3v) is 2.08. The minimum absolute atomic E-state index is 0.328. The normalized spacial score (nSPS) is 16.1. The Hall–Kier alpha value is -0.930. The molecule has 0 unspecified atom stereocenters. The van der Waals surface area contributed by atoms with Crippen LogP contribution in [0.5, 0.6) is 0 Å². The average molecular weight is 189 g/mol. The van der Waals surface area contributed by atoms with Crippen LogP contribution in [0.4, 0.5) is 8.78 Å². The number of hydrogen-bond donors (Lipinski definition) is 1. The fraction of sp³-hybridized carbons (Fsp3) is 0.667. The minimum Gasteiger partial charge on any atom is -0.351 e. The maximum Gasteiger partial charge on any atom is 0.315 e. The molecule has 1 aliphatic rings. The largest absolute Gasteiger partial charge is 0.351 e. The summed E-state index contributed by atoms with van der Waals surface area (Å²) in [4.78, 5) is 10.4. The SMILES string of the molecule is O=C(NCCC1=CCCC1)C(F)F. The molecule has 0 aromatic carbocycles. The van der Waals surface area contributed by atoms with Gasteiger partial charge in [-0.05, 0) is 25.7 Å². The number of halogens is 2. The molecule has 4 heteroatoms. The number of allylic oxidation sites excluding steroid dienone is 1. The van der Waals surface area contributed by atoms with Gasteiger partial charge < -0.3 is 5.32 Å². The molecule has 1 rings (SSSR count). The smallest absolute Gasteiger partial charge is 0.315 e. The van der Waals surface area contributed by atoms with Crippen molar-refractivity contribution in [2.75, 3.05) is 6.54 Å². The lowest BCUT2D eigenvalue weighted by Crippen LogP contribution is -2.30. The van der Waals surface area contributed by atoms with Crippen LogP contribution in [0, 0.1) is 0 Å². The predicted octanol–water partition coefficient (Wildman–Crippen LogP) is 1.87. The molecule has 74 valence electrons. The van der Waals surface area contributed by atoms with Gasteiger partial charge in [-0.15, -0.1) is 0 Å². The van der Waals surface area contributed by atoms with Crippen LogP contribution in [-0.2, 0) is 4.79 Å². The van der Waals surface area contributed by atoms with Crippen molar-refractivity contribution >= 4 is 5.91 Å². The first kappa shape index (κ1) is 10.2. The van der Waals surface area contributed by atoms with Crippen LogP contribution in [0.1, 0.15) is 25.7 Å². The van der Waals surface area contributed by atoms with Crippen molar-refractivity contribution in [3.05, 3.63) is 11.6 Å². The zero-order valence-electron chi connectivity index (χ0n) is 7.35. The summed E-state index contributed by atoms with van der Waals surface area (Å²) in [7, 11) is 0. The van der Waals surface area contributed by atoms with Crippen molar-refractivity contribution < 1.29 is 13.6 Å². The van der Waals surface area contributed by atoms with Gasteiger partial charge in [0, 0.05) is 6.54 Å². The Kier molecular flexibility index (Phi) is 3.86. The molecule has 0 heterocycles. The molecule has 2 nitrogen and oxygen atoms in total. The monoisotopic (exact) mass is 189 g/mol. The second-order valence-corrected chi connectivity index (χ2v) is 3.10. The fourth-order valence-electron chi connectivity index (χ4n) is 1.39. The van der Waals surface area contributed by atoms with Gasteiger partial charge >= 0.3 is 6.43 Å². The Morgan fingerprint density at radius 2 is 2.38 bits per heavy atom. The number of hydrogen-bond acceptors (Lipinski definition) is 1. The highest BCUT2D eigenvalue weighted by atomic mass is 19.3. The first-order valence-electron chi connectivity index (χ1n) is 4.44. The summed E-state index contributed by atoms with van der Waals surface area (Å²) in [5.41, 5.74) is 1.27. The number of rotatable bonds is 4. The Morgan fingerprint density at radius 1 is 1.62 bits per heavy atom. The third-order valence-electron chi connectivity index (χ3n) is 2.08. The Bertz CT molecular complexity index is 214. The van der Waals surface area contributed by atoms with Gasteiger partial charge in [-0.2, -0.15) is 8.78 Å². The summed E-state index contributed by atoms with van der Waals surface area (Å²) in [6, 6.07) is 0. The lowest BCUT2D eigenvalue weighted by atomic mass is 10.2. The molecule has 13 heavy (non-hydrogen) atoms. The van der Waals surface area contributed by atoms with Crippen molar-refractivity contribution in [1.82, 2.24) is 5.32 Å². The van der Waals surface area contributed by atoms with E-state index in [1.807, 2.05) is 0 Å². The molecule has 0 fully saturated rings. The standard InChI is InChI=1S/C9H13F2NO/c10-8(11)9(13)12-6-5-7-3-1-2-4-7/h3,8H,1-2,4-6H2,(H,12,13). The average Bonchev–Trinajstić information content (AvgIpc) is 2.56. The number of amides is 1. The molecule has 0 saturated carbocycles. The van der Waals surface area contributed by atoms with Crippen molar-refractivity contribution in [1.29, 1.82) is 0 Å². The summed E-state index contributed by atoms with van der Waals surface area (Å²) < 4.78 is 23.4. The molecule has 0 spiro atoms. The highest BCUT2D eigenvalue weighted by Crippen LogP contribution is 2.19. The van der Waals surface area contributed by atoms with Crippen molar-refractivity contribution in [3.8, 4) is 0 Å². The molecule has 1 N–H and O–H groups in total. The van der Waals surface area contributed by atoms with Crippen LogP contribution in [0.3, 0.4) is 0 Å². The van der Waals surface area contributed by atoms with E-state index in [9.17, 15) is 13.6 Å². The topological polar surface area (TPSA) is 29.1 Å². The second-order valence-electron chi connectivity index (χ2n) is 3.10. The first-order chi connectivity index (χ1) is 6.20. The van der Waals surface area contributed by atoms with Crippen LogP contribution < -0.4 is 5.32 Å². The van der Waals surface area contributed by atoms with Crippen molar-refractivity contribution in [2.24, 2.45) is 0 Å². The fourth-order valence-corrected chi connectivity index (χ4v) is 1.39. The van der Waals surface area contributed by atoms with E-state index < -0.39 is 12.3 Å². The Morgan fingerprint density at radius 3 is 2.92 bits per heavy atom. The highest BCUT2D eigenvalue weighted by molar-refractivity contribution is 5.78. The molecule has 1 amide bonds. The third kappa shape index (κ3) is 3.53. The van der Waals surface area contributed by atoms with Crippen LogP contribution in [-0.4, -0.2) is 18.9 Å². The molecule has 0 radical (unpaired) electrons. The van der Waals surface area contributed by atoms with Gasteiger partial charge in [0.2, 0.25) is 0 Å². The molecule has 0 aliphatic heterocycles. The van der Waals surface area contributed by atoms with Crippen molar-refractivity contribution in [2.45, 2.75) is 32.1 Å². The summed E-state index contributed by atoms with van der Waals surface area (Å²) in [6.45, 7) is 0.328. The Labute approximate surface area is 76.0 Å². The van der Waals surface area contributed by atoms with E-state index in [2.05, 4.69) is 11.4 Å². The molecular formula is C9H13F2NO. The maximum absolute atomic E-state index is 11.7. The number of carbonyl (C=O) groups is 1. The summed E-state index contributed by atoms with van der Waals surface area (Å²) >= 11 is 0. The molecule has 0 atom stereocenters. The van der Waals surface area contributed by atoms with Gasteiger partial charge in [0.1, 0.15) is 0 Å². The zero-order valence-corrected chi connectivity index (χ0v) is 7.35. The van der Waals surface area contributed by atoms with E-state index in [1.165, 1.54) is 5.57 Å². The van der Waals surface area contributed by atoms with Crippen LogP contribution in [0.2, 0.25) is 0 Å². The van der Waals surface area contributed by atoms with Crippen LogP contribution >= 0.6 is 0 Å². The predicted molar refractivity (Wildman–Crippen MR) is 45.6 cm³/mol. The molecule has 1 aliphatic carbocycles. The highest BCUT2D eigenvalue weighted by Gasteiger charge is 2.14. The summed E-state index contributed by atoms with van der Waals surface area (Å²) in [6.07, 6.45) is 3.21. The van der Waals surface area contributed by atoms with Crippen LogP contribution in [0.15, 0.2) is 11.6 Å². The zero-order chi connectivity index (χ0) is 9.68. The lowest BCUT2D eigenvalue weighted by molar-refractivity contribution is -0.131. The van der Waals surface area contributed by atoms with Gasteiger partial charge in [0.25, 0.3) is 5.91 Å². The molecule has 0 aromatic heterocycles. The van der Waals surface area contributed by atoms with Gasteiger partial charge in [-0.1, -0.05) is 11.6 Å². The van der Waals surface area contributed by atoms with Gasteiger partial charge in [0.15, 0.2) is 0 Å². The van der Waals surface area contributed by atoms with E-state index in [0.717, 1.165) is 19.3 Å². The minimum atomic E-state index is -2.89. The van der Waals surface area contributed by atoms with Gasteiger partial charge in [-0.3, -0.25) is 4.79 Å². The second kappa shape index (κ2) is 4.94. The first-order valence-corrected chi connectivity index (χ1v) is 4.44. The number of carbonyl (C=O) groups excluding carboxylic acids is 1. The van der Waals surface area contributed by atoms with Gasteiger partial charge in [0.05, 0.1) is 0 Å². The van der Waals surface area contributed by atoms with Crippen molar-refractivity contribution in [3.63, 3.8) is 0 Å². The lowest BCUT2D eigenvalue weighted by Gasteiger charge is -2.04. The van der Waals surface area contributed by atoms with E-state index in [1.54, 1.807) is 0 Å². The summed E-state index contributed by atoms with van der Waals surface area (Å²) in [5, 5.41) is 2.18. The number of nitrogens with one attached hydrogen (secondary N) is 1. The van der Waals surface area contributed by atoms with Crippen LogP contribution in [0.25, 0.3) is 0 Å². The summed E-state index contributed by atoms with van der Waals surface area (Å²) in [5.74, 6) is -1.17. The quantitative estimate of drug-likeness (QED) is 0.672. The Balaban J connectivity index is 2.10. The molecule has 0 saturated heterocycles. The molecular weight excluding hydrogens is 176 g/mol. The number of alkyl halides is 2. The molecule has 0 aromatic rings. The molecule has 0 bridgehead atoms.